The van der Waals surface area contributed by atoms with Crippen molar-refractivity contribution in [3.8, 4) is 0 Å². The number of anilines is 1. The van der Waals surface area contributed by atoms with E-state index in [1.165, 1.54) is 5.56 Å². The second-order valence-corrected chi connectivity index (χ2v) is 7.67. The summed E-state index contributed by atoms with van der Waals surface area (Å²) in [5.74, 6) is 0.424. The van der Waals surface area contributed by atoms with Gasteiger partial charge >= 0.3 is 0 Å². The molecule has 0 aliphatic carbocycles. The topological polar surface area (TPSA) is 72.1 Å². The van der Waals surface area contributed by atoms with Crippen molar-refractivity contribution in [3.05, 3.63) is 65.7 Å². The molecule has 3 rings (SSSR count). The van der Waals surface area contributed by atoms with Crippen LogP contribution in [-0.2, 0) is 22.6 Å². The molecule has 3 N–H and O–H groups in total. The number of nitrogens with one attached hydrogen (secondary N) is 1. The van der Waals surface area contributed by atoms with E-state index < -0.39 is 0 Å². The van der Waals surface area contributed by atoms with Gasteiger partial charge < -0.3 is 20.5 Å². The van der Waals surface area contributed by atoms with Crippen LogP contribution in [0, 0.1) is 0 Å². The second-order valence-electron chi connectivity index (χ2n) is 7.67. The molecule has 0 atom stereocenters. The predicted molar refractivity (Wildman–Crippen MR) is 123 cm³/mol. The Labute approximate surface area is 180 Å². The molecule has 0 unspecified atom stereocenters. The number of nitrogens with zero attached hydrogens (tertiary/aromatic N) is 2. The number of guanidine groups is 1. The molecule has 1 aliphatic heterocycles. The maximum Gasteiger partial charge on any atom is 0.193 e. The fraction of sp³-hybridized carbons (Fsp3) is 0.458. The molecule has 0 radical (unpaired) electrons. The number of para-hydroxylation sites is 1. The molecule has 1 heterocycles. The normalized spacial score (nSPS) is 16.0. The molecule has 1 fully saturated rings. The lowest BCUT2D eigenvalue weighted by atomic mass is 10.1. The lowest BCUT2D eigenvalue weighted by molar-refractivity contribution is 0.00566. The first kappa shape index (κ1) is 22.3. The van der Waals surface area contributed by atoms with E-state index in [4.69, 9.17) is 15.2 Å². The van der Waals surface area contributed by atoms with Gasteiger partial charge in [0.2, 0.25) is 0 Å². The average molecular weight is 411 g/mol. The van der Waals surface area contributed by atoms with E-state index in [-0.39, 0.29) is 0 Å². The zero-order valence-electron chi connectivity index (χ0n) is 17.9. The van der Waals surface area contributed by atoms with Crippen LogP contribution in [0.5, 0.6) is 0 Å². The van der Waals surface area contributed by atoms with Gasteiger partial charge in [0, 0.05) is 51.1 Å². The van der Waals surface area contributed by atoms with Gasteiger partial charge in [-0.1, -0.05) is 48.5 Å². The highest BCUT2D eigenvalue weighted by Crippen LogP contribution is 2.17. The van der Waals surface area contributed by atoms with Crippen LogP contribution in [0.15, 0.2) is 59.6 Å². The molecule has 0 aromatic heterocycles. The minimum atomic E-state index is 0.359. The van der Waals surface area contributed by atoms with Crippen molar-refractivity contribution < 1.29 is 9.47 Å². The van der Waals surface area contributed by atoms with Crippen LogP contribution < -0.4 is 11.1 Å². The molecule has 0 bridgehead atoms. The SMILES string of the molecule is COCc1ccccc1NC(N)=NCCCOC1CCN(Cc2ccccc2)CC1. The van der Waals surface area contributed by atoms with Crippen molar-refractivity contribution in [2.75, 3.05) is 38.7 Å². The highest BCUT2D eigenvalue weighted by Gasteiger charge is 2.19. The number of piperidine rings is 1. The molecule has 1 saturated heterocycles. The van der Waals surface area contributed by atoms with E-state index in [0.29, 0.717) is 25.2 Å². The van der Waals surface area contributed by atoms with Gasteiger partial charge in [0.15, 0.2) is 5.96 Å². The van der Waals surface area contributed by atoms with E-state index in [2.05, 4.69) is 45.5 Å². The quantitative estimate of drug-likeness (QED) is 0.356. The Kier molecular flexibility index (Phi) is 9.15. The molecule has 6 heteroatoms. The number of likely N-dealkylation sites (tertiary alicyclic amines) is 1. The molecule has 6 nitrogen and oxygen atoms in total. The van der Waals surface area contributed by atoms with Crippen molar-refractivity contribution in [1.82, 2.24) is 4.90 Å². The summed E-state index contributed by atoms with van der Waals surface area (Å²) in [7, 11) is 1.68. The Hall–Kier alpha value is -2.41. The van der Waals surface area contributed by atoms with Gasteiger partial charge in [0.1, 0.15) is 0 Å². The van der Waals surface area contributed by atoms with Crippen molar-refractivity contribution in [2.45, 2.75) is 38.5 Å². The molecular formula is C24H34N4O2. The van der Waals surface area contributed by atoms with Gasteiger partial charge in [-0.15, -0.1) is 0 Å². The largest absolute Gasteiger partial charge is 0.380 e. The summed E-state index contributed by atoms with van der Waals surface area (Å²) in [5.41, 5.74) is 9.39. The van der Waals surface area contributed by atoms with E-state index in [1.54, 1.807) is 7.11 Å². The summed E-state index contributed by atoms with van der Waals surface area (Å²) in [6.45, 7) is 5.12. The average Bonchev–Trinajstić information content (AvgIpc) is 2.77. The highest BCUT2D eigenvalue weighted by atomic mass is 16.5. The fourth-order valence-corrected chi connectivity index (χ4v) is 3.69. The van der Waals surface area contributed by atoms with Crippen LogP contribution in [0.4, 0.5) is 5.69 Å². The molecular weight excluding hydrogens is 376 g/mol. The Morgan fingerprint density at radius 1 is 1.10 bits per heavy atom. The van der Waals surface area contributed by atoms with Crippen molar-refractivity contribution >= 4 is 11.6 Å². The third kappa shape index (κ3) is 7.44. The minimum absolute atomic E-state index is 0.359. The van der Waals surface area contributed by atoms with Crippen molar-refractivity contribution in [2.24, 2.45) is 10.7 Å². The Bertz CT molecular complexity index is 774. The molecule has 1 aliphatic rings. The summed E-state index contributed by atoms with van der Waals surface area (Å²) in [5, 5.41) is 3.16. The van der Waals surface area contributed by atoms with Gasteiger partial charge in [0.05, 0.1) is 12.7 Å². The number of nitrogens with two attached hydrogens (primary N) is 1. The van der Waals surface area contributed by atoms with Crippen LogP contribution in [0.25, 0.3) is 0 Å². The Morgan fingerprint density at radius 2 is 1.83 bits per heavy atom. The number of methoxy groups -OCH3 is 1. The maximum atomic E-state index is 6.06. The molecule has 0 amide bonds. The number of aliphatic imine (C=N–C) groups is 1. The number of rotatable bonds is 10. The Morgan fingerprint density at radius 3 is 2.60 bits per heavy atom. The van der Waals surface area contributed by atoms with Crippen LogP contribution in [0.1, 0.15) is 30.4 Å². The second kappa shape index (κ2) is 12.3. The minimum Gasteiger partial charge on any atom is -0.380 e. The number of benzene rings is 2. The summed E-state index contributed by atoms with van der Waals surface area (Å²) in [6.07, 6.45) is 3.41. The summed E-state index contributed by atoms with van der Waals surface area (Å²) in [6, 6.07) is 18.6. The van der Waals surface area contributed by atoms with E-state index in [9.17, 15) is 0 Å². The lowest BCUT2D eigenvalue weighted by Crippen LogP contribution is -2.36. The number of hydrogen-bond donors (Lipinski definition) is 2. The van der Waals surface area contributed by atoms with Gasteiger partial charge in [-0.25, -0.2) is 0 Å². The fourth-order valence-electron chi connectivity index (χ4n) is 3.69. The summed E-state index contributed by atoms with van der Waals surface area (Å²) < 4.78 is 11.3. The third-order valence-corrected chi connectivity index (χ3v) is 5.30. The molecule has 30 heavy (non-hydrogen) atoms. The monoisotopic (exact) mass is 410 g/mol. The zero-order chi connectivity index (χ0) is 21.0. The van der Waals surface area contributed by atoms with E-state index in [1.807, 2.05) is 24.3 Å². The van der Waals surface area contributed by atoms with Crippen molar-refractivity contribution in [3.63, 3.8) is 0 Å². The first-order valence-corrected chi connectivity index (χ1v) is 10.8. The van der Waals surface area contributed by atoms with Gasteiger partial charge in [-0.3, -0.25) is 9.89 Å². The number of hydrogen-bond acceptors (Lipinski definition) is 4. The molecule has 0 spiro atoms. The first-order valence-electron chi connectivity index (χ1n) is 10.8. The smallest absolute Gasteiger partial charge is 0.193 e. The molecule has 2 aromatic rings. The van der Waals surface area contributed by atoms with Gasteiger partial charge in [0.25, 0.3) is 0 Å². The maximum absolute atomic E-state index is 6.06. The lowest BCUT2D eigenvalue weighted by Gasteiger charge is -2.31. The standard InChI is InChI=1S/C24H34N4O2/c1-29-19-21-10-5-6-11-23(21)27-24(25)26-14-7-17-30-22-12-15-28(16-13-22)18-20-8-3-2-4-9-20/h2-6,8-11,22H,7,12-19H2,1H3,(H3,25,26,27). The summed E-state index contributed by atoms with van der Waals surface area (Å²) in [4.78, 5) is 6.92. The highest BCUT2D eigenvalue weighted by molar-refractivity contribution is 5.92. The molecule has 0 saturated carbocycles. The van der Waals surface area contributed by atoms with Crippen LogP contribution in [-0.4, -0.2) is 50.3 Å². The Balaban J connectivity index is 1.30. The van der Waals surface area contributed by atoms with Crippen molar-refractivity contribution in [1.29, 1.82) is 0 Å². The number of ether oxygens (including phenoxy) is 2. The molecule has 162 valence electrons. The van der Waals surface area contributed by atoms with Gasteiger partial charge in [-0.2, -0.15) is 0 Å². The van der Waals surface area contributed by atoms with Gasteiger partial charge in [-0.05, 0) is 30.9 Å². The zero-order valence-corrected chi connectivity index (χ0v) is 17.9. The summed E-state index contributed by atoms with van der Waals surface area (Å²) >= 11 is 0. The van der Waals surface area contributed by atoms with E-state index >= 15 is 0 Å². The molecule has 2 aromatic carbocycles. The first-order chi connectivity index (χ1) is 14.7. The van der Waals surface area contributed by atoms with E-state index in [0.717, 1.165) is 56.8 Å². The van der Waals surface area contributed by atoms with Crippen LogP contribution in [0.2, 0.25) is 0 Å². The van der Waals surface area contributed by atoms with Crippen LogP contribution >= 0.6 is 0 Å². The third-order valence-electron chi connectivity index (χ3n) is 5.30. The van der Waals surface area contributed by atoms with Crippen LogP contribution in [0.3, 0.4) is 0 Å². The predicted octanol–water partition coefficient (Wildman–Crippen LogP) is 3.63.